The lowest BCUT2D eigenvalue weighted by Crippen LogP contribution is -1.86. The molecule has 0 rings (SSSR count). The van der Waals surface area contributed by atoms with Gasteiger partial charge in [-0.1, -0.05) is 6.92 Å². The zero-order valence-electron chi connectivity index (χ0n) is 5.33. The van der Waals surface area contributed by atoms with E-state index in [1.165, 1.54) is 12.2 Å². The molecule has 0 spiro atoms. The van der Waals surface area contributed by atoms with Gasteiger partial charge in [-0.2, -0.15) is 9.98 Å². The molecule has 0 N–H and O–H groups in total. The van der Waals surface area contributed by atoms with E-state index in [4.69, 9.17) is 0 Å². The first kappa shape index (κ1) is 8.76. The van der Waals surface area contributed by atoms with Crippen molar-refractivity contribution in [1.82, 2.24) is 0 Å². The van der Waals surface area contributed by atoms with Crippen LogP contribution in [0.5, 0.6) is 0 Å². The predicted molar refractivity (Wildman–Crippen MR) is 34.1 cm³/mol. The first-order valence-corrected chi connectivity index (χ1v) is 2.66. The Kier molecular flexibility index (Phi) is 5.16. The van der Waals surface area contributed by atoms with E-state index in [0.29, 0.717) is 12.8 Å². The molecule has 10 heavy (non-hydrogen) atoms. The number of nitrogens with zero attached hydrogens (tertiary/aromatic N) is 2. The van der Waals surface area contributed by atoms with Crippen molar-refractivity contribution in [3.8, 4) is 0 Å². The van der Waals surface area contributed by atoms with Gasteiger partial charge in [0.2, 0.25) is 18.3 Å². The van der Waals surface area contributed by atoms with Gasteiger partial charge in [0.1, 0.15) is 0 Å². The molecule has 0 aromatic heterocycles. The number of isocyanates is 2. The topological polar surface area (TPSA) is 58.9 Å². The highest BCUT2D eigenvalue weighted by molar-refractivity contribution is 5.39. The molecule has 0 amide bonds. The highest BCUT2D eigenvalue weighted by atomic mass is 16.1. The van der Waals surface area contributed by atoms with Gasteiger partial charge < -0.3 is 0 Å². The maximum Gasteiger partial charge on any atom is 0.237 e. The molecule has 0 aromatic rings. The quantitative estimate of drug-likeness (QED) is 0.425. The van der Waals surface area contributed by atoms with Crippen molar-refractivity contribution in [2.45, 2.75) is 12.8 Å². The van der Waals surface area contributed by atoms with E-state index < -0.39 is 0 Å². The highest BCUT2D eigenvalue weighted by Gasteiger charge is 2.02. The average Bonchev–Trinajstić information content (AvgIpc) is 1.90. The molecule has 0 heterocycles. The molecule has 52 valence electrons. The van der Waals surface area contributed by atoms with E-state index in [2.05, 4.69) is 16.9 Å². The van der Waals surface area contributed by atoms with Gasteiger partial charge in [-0.05, 0) is 12.8 Å². The third kappa shape index (κ3) is 3.72. The van der Waals surface area contributed by atoms with Crippen molar-refractivity contribution in [2.24, 2.45) is 9.98 Å². The summed E-state index contributed by atoms with van der Waals surface area (Å²) in [6.45, 7) is 3.49. The Labute approximate surface area is 58.7 Å². The lowest BCUT2D eigenvalue weighted by Gasteiger charge is -1.94. The van der Waals surface area contributed by atoms with Gasteiger partial charge in [0.05, 0.1) is 0 Å². The van der Waals surface area contributed by atoms with Crippen LogP contribution < -0.4 is 0 Å². The second-order valence-electron chi connectivity index (χ2n) is 1.43. The Morgan fingerprint density at radius 3 is 2.10 bits per heavy atom. The summed E-state index contributed by atoms with van der Waals surface area (Å²) in [4.78, 5) is 25.6. The number of hydrogen-bond donors (Lipinski definition) is 0. The van der Waals surface area contributed by atoms with Gasteiger partial charge in [-0.3, -0.25) is 0 Å². The van der Waals surface area contributed by atoms with Crippen LogP contribution in [-0.2, 0) is 9.59 Å². The number of rotatable bonds is 4. The van der Waals surface area contributed by atoms with Crippen molar-refractivity contribution in [3.05, 3.63) is 13.1 Å². The maximum atomic E-state index is 9.64. The molecule has 0 bridgehead atoms. The third-order valence-corrected chi connectivity index (χ3v) is 0.750. The molecular formula is C6H6N2O2. The van der Waals surface area contributed by atoms with Crippen molar-refractivity contribution in [2.75, 3.05) is 0 Å². The Bertz CT molecular complexity index is 160. The molecule has 0 atom stereocenters. The second-order valence-corrected chi connectivity index (χ2v) is 1.43. The number of aliphatic imine (C=N–C) groups is 2. The molecule has 2 radical (unpaired) electrons. The van der Waals surface area contributed by atoms with Crippen LogP contribution in [0.25, 0.3) is 0 Å². The van der Waals surface area contributed by atoms with Crippen LogP contribution in [0, 0.1) is 13.1 Å². The molecule has 0 aromatic carbocycles. The Morgan fingerprint density at radius 1 is 1.30 bits per heavy atom. The van der Waals surface area contributed by atoms with Crippen LogP contribution in [0.15, 0.2) is 9.98 Å². The fourth-order valence-electron chi connectivity index (χ4n) is 0.400. The van der Waals surface area contributed by atoms with E-state index in [1.54, 1.807) is 0 Å². The fraction of sp³-hybridized carbons (Fsp3) is 0.333. The van der Waals surface area contributed by atoms with Crippen LogP contribution in [0.2, 0.25) is 0 Å². The second kappa shape index (κ2) is 5.89. The van der Waals surface area contributed by atoms with Gasteiger partial charge in [-0.15, -0.1) is 0 Å². The smallest absolute Gasteiger partial charge is 0.211 e. The van der Waals surface area contributed by atoms with E-state index in [0.717, 1.165) is 0 Å². The van der Waals surface area contributed by atoms with Gasteiger partial charge in [0, 0.05) is 0 Å². The lowest BCUT2D eigenvalue weighted by molar-refractivity contribution is 0.558. The fourth-order valence-corrected chi connectivity index (χ4v) is 0.400. The number of carbonyl (C=O) groups excluding carboxylic acids is 2. The summed E-state index contributed by atoms with van der Waals surface area (Å²) < 4.78 is 0. The van der Waals surface area contributed by atoms with Gasteiger partial charge in [0.15, 0.2) is 0 Å². The molecule has 0 aliphatic rings. The Hall–Kier alpha value is -1.24. The average molecular weight is 138 g/mol. The molecule has 0 unspecified atom stereocenters. The van der Waals surface area contributed by atoms with Crippen LogP contribution in [0.3, 0.4) is 0 Å². The monoisotopic (exact) mass is 138 g/mol. The van der Waals surface area contributed by atoms with Crippen LogP contribution in [0.1, 0.15) is 12.8 Å². The normalized spacial score (nSPS) is 8.20. The highest BCUT2D eigenvalue weighted by Crippen LogP contribution is 2.09. The first-order chi connectivity index (χ1) is 4.85. The standard InChI is InChI=1S/C6H6N2O2/c1-2-3-6(7-4-9)8-5-10/h1-3H2. The van der Waals surface area contributed by atoms with Gasteiger partial charge >= 0.3 is 0 Å². The van der Waals surface area contributed by atoms with E-state index >= 15 is 0 Å². The van der Waals surface area contributed by atoms with Crippen molar-refractivity contribution in [1.29, 1.82) is 0 Å². The van der Waals surface area contributed by atoms with E-state index in [1.807, 2.05) is 0 Å². The minimum absolute atomic E-state index is 0.125. The summed E-state index contributed by atoms with van der Waals surface area (Å²) in [5.41, 5.74) is 0. The summed E-state index contributed by atoms with van der Waals surface area (Å²) >= 11 is 0. The molecular weight excluding hydrogens is 132 g/mol. The molecule has 4 heteroatoms. The lowest BCUT2D eigenvalue weighted by atomic mass is 10.3. The van der Waals surface area contributed by atoms with Crippen molar-refractivity contribution in [3.63, 3.8) is 0 Å². The minimum Gasteiger partial charge on any atom is -0.211 e. The van der Waals surface area contributed by atoms with Crippen molar-refractivity contribution < 1.29 is 9.59 Å². The largest absolute Gasteiger partial charge is 0.237 e. The van der Waals surface area contributed by atoms with Crippen LogP contribution in [-0.4, -0.2) is 12.2 Å². The van der Waals surface area contributed by atoms with Crippen LogP contribution in [0.4, 0.5) is 0 Å². The SMILES string of the molecule is [CH2]CC[C](N=C=O)N=C=O. The zero-order valence-corrected chi connectivity index (χ0v) is 5.33. The molecule has 0 aliphatic heterocycles. The maximum absolute atomic E-state index is 9.64. The summed E-state index contributed by atoms with van der Waals surface area (Å²) in [6.07, 6.45) is 3.60. The molecule has 0 saturated heterocycles. The van der Waals surface area contributed by atoms with Gasteiger partial charge in [0.25, 0.3) is 0 Å². The summed E-state index contributed by atoms with van der Waals surface area (Å²) in [5.74, 6) is 0. The van der Waals surface area contributed by atoms with Crippen LogP contribution >= 0.6 is 0 Å². The van der Waals surface area contributed by atoms with Gasteiger partial charge in [-0.25, -0.2) is 9.59 Å². The third-order valence-electron chi connectivity index (χ3n) is 0.750. The molecule has 4 nitrogen and oxygen atoms in total. The summed E-state index contributed by atoms with van der Waals surface area (Å²) in [7, 11) is 0. The van der Waals surface area contributed by atoms with E-state index in [9.17, 15) is 9.59 Å². The number of hydrogen-bond acceptors (Lipinski definition) is 4. The predicted octanol–water partition coefficient (Wildman–Crippen LogP) is 0.762. The first-order valence-electron chi connectivity index (χ1n) is 2.66. The summed E-state index contributed by atoms with van der Waals surface area (Å²) in [6, 6.07) is 0. The zero-order chi connectivity index (χ0) is 7.82. The Balaban J connectivity index is 3.96. The minimum atomic E-state index is 0.125. The van der Waals surface area contributed by atoms with E-state index in [-0.39, 0.29) is 6.17 Å². The summed E-state index contributed by atoms with van der Waals surface area (Å²) in [5, 5.41) is 0. The van der Waals surface area contributed by atoms with Crippen molar-refractivity contribution >= 4 is 12.2 Å². The molecule has 0 fully saturated rings. The molecule has 0 saturated carbocycles. The Morgan fingerprint density at radius 2 is 1.80 bits per heavy atom. The molecule has 0 aliphatic carbocycles.